The van der Waals surface area contributed by atoms with Gasteiger partial charge in [-0.15, -0.1) is 0 Å². The normalized spacial score (nSPS) is 12.7. The molecule has 0 aromatic carbocycles. The molecule has 0 bridgehead atoms. The lowest BCUT2D eigenvalue weighted by Gasteiger charge is -2.26. The van der Waals surface area contributed by atoms with Crippen LogP contribution in [0.4, 0.5) is 0 Å². The fourth-order valence-corrected chi connectivity index (χ4v) is 5.11. The van der Waals surface area contributed by atoms with Crippen molar-refractivity contribution < 1.29 is 28.7 Å². The third-order valence-electron chi connectivity index (χ3n) is 4.61. The molecule has 0 saturated heterocycles. The predicted molar refractivity (Wildman–Crippen MR) is 130 cm³/mol. The minimum absolute atomic E-state index is 0.149. The van der Waals surface area contributed by atoms with Gasteiger partial charge in [0, 0.05) is 25.4 Å². The Morgan fingerprint density at radius 1 is 0.750 bits per heavy atom. The molecule has 0 unspecified atom stereocenters. The van der Waals surface area contributed by atoms with E-state index < -0.39 is 35.8 Å². The quantitative estimate of drug-likeness (QED) is 0.174. The van der Waals surface area contributed by atoms with Crippen LogP contribution >= 0.6 is 21.6 Å². The zero-order chi connectivity index (χ0) is 24.4. The summed E-state index contributed by atoms with van der Waals surface area (Å²) in [7, 11) is 2.56. The van der Waals surface area contributed by atoms with Crippen molar-refractivity contribution in [3.05, 3.63) is 0 Å². The highest BCUT2D eigenvalue weighted by molar-refractivity contribution is 8.76. The van der Waals surface area contributed by atoms with Gasteiger partial charge in [0.2, 0.25) is 11.8 Å². The number of hydrogen-bond donors (Lipinski definition) is 1. The molecule has 0 aromatic rings. The predicted octanol–water partition coefficient (Wildman–Crippen LogP) is 3.71. The van der Waals surface area contributed by atoms with Gasteiger partial charge in [0.05, 0.1) is 13.2 Å². The van der Waals surface area contributed by atoms with Crippen LogP contribution in [-0.4, -0.2) is 65.5 Å². The van der Waals surface area contributed by atoms with Crippen molar-refractivity contribution in [1.29, 1.82) is 0 Å². The van der Waals surface area contributed by atoms with E-state index in [0.29, 0.717) is 6.61 Å². The van der Waals surface area contributed by atoms with Crippen molar-refractivity contribution >= 4 is 45.3 Å². The number of hydrogen-bond acceptors (Lipinski definition) is 9. The Labute approximate surface area is 200 Å². The van der Waals surface area contributed by atoms with Gasteiger partial charge in [-0.1, -0.05) is 74.0 Å². The maximum absolute atomic E-state index is 12.6. The lowest BCUT2D eigenvalue weighted by molar-refractivity contribution is -0.159. The van der Waals surface area contributed by atoms with E-state index in [1.54, 1.807) is 0 Å². The summed E-state index contributed by atoms with van der Waals surface area (Å²) in [5, 5.41) is 0. The second kappa shape index (κ2) is 19.2. The first-order chi connectivity index (χ1) is 15.3. The van der Waals surface area contributed by atoms with Crippen LogP contribution in [0.5, 0.6) is 0 Å². The molecule has 0 radical (unpaired) electrons. The zero-order valence-electron chi connectivity index (χ0n) is 19.9. The van der Waals surface area contributed by atoms with Gasteiger partial charge in [0.15, 0.2) is 0 Å². The maximum Gasteiger partial charge on any atom is 0.330 e. The average molecular weight is 493 g/mol. The Hall–Kier alpha value is -1.26. The summed E-state index contributed by atoms with van der Waals surface area (Å²) >= 11 is 0. The number of unbranched alkanes of at least 4 members (excludes halogenated alkanes) is 6. The Balaban J connectivity index is 4.58. The van der Waals surface area contributed by atoms with Gasteiger partial charge >= 0.3 is 11.9 Å². The molecule has 0 aromatic heterocycles. The fraction of sp³-hybridized carbons (Fsp3) is 0.818. The van der Waals surface area contributed by atoms with Gasteiger partial charge in [-0.05, 0) is 12.8 Å². The van der Waals surface area contributed by atoms with Crippen LogP contribution in [-0.2, 0) is 28.7 Å². The molecule has 8 nitrogen and oxygen atoms in total. The lowest BCUT2D eigenvalue weighted by Crippen LogP contribution is -2.49. The first-order valence-corrected chi connectivity index (χ1v) is 13.9. The number of esters is 2. The third kappa shape index (κ3) is 14.0. The Bertz CT molecular complexity index is 563. The molecule has 32 heavy (non-hydrogen) atoms. The summed E-state index contributed by atoms with van der Waals surface area (Å²) in [5.74, 6) is -1.64. The molecule has 0 spiro atoms. The second-order valence-electron chi connectivity index (χ2n) is 7.56. The summed E-state index contributed by atoms with van der Waals surface area (Å²) in [6.07, 6.45) is 7.88. The minimum Gasteiger partial charge on any atom is -0.465 e. The smallest absolute Gasteiger partial charge is 0.330 e. The van der Waals surface area contributed by atoms with Crippen LogP contribution in [0.3, 0.4) is 0 Å². The standard InChI is InChI=1S/C22H40N2O6S2/c1-5-7-9-11-13-29-21(27)19(23)15-31-32-16-20(24(17(3)25)18(4)26)22(28)30-14-12-10-8-6-2/h19-20H,5-16,23H2,1-4H3/t19-,20-/m0/s1. The molecular weight excluding hydrogens is 452 g/mol. The van der Waals surface area contributed by atoms with E-state index in [0.717, 1.165) is 56.3 Å². The van der Waals surface area contributed by atoms with Crippen LogP contribution in [0.1, 0.15) is 79.1 Å². The van der Waals surface area contributed by atoms with E-state index in [-0.39, 0.29) is 18.1 Å². The second-order valence-corrected chi connectivity index (χ2v) is 10.1. The van der Waals surface area contributed by atoms with Gasteiger partial charge < -0.3 is 15.2 Å². The molecule has 0 rings (SSSR count). The third-order valence-corrected chi connectivity index (χ3v) is 7.04. The molecule has 2 N–H and O–H groups in total. The highest BCUT2D eigenvalue weighted by atomic mass is 33.1. The van der Waals surface area contributed by atoms with Crippen LogP contribution in [0.15, 0.2) is 0 Å². The fourth-order valence-electron chi connectivity index (χ4n) is 2.82. The largest absolute Gasteiger partial charge is 0.465 e. The Morgan fingerprint density at radius 2 is 1.22 bits per heavy atom. The summed E-state index contributed by atoms with van der Waals surface area (Å²) in [5.41, 5.74) is 5.88. The van der Waals surface area contributed by atoms with Crippen molar-refractivity contribution in [2.75, 3.05) is 24.7 Å². The topological polar surface area (TPSA) is 116 Å². The molecule has 2 atom stereocenters. The number of nitrogens with zero attached hydrogens (tertiary/aromatic N) is 1. The SMILES string of the molecule is CCCCCCOC(=O)[C@@H](N)CSSC[C@@H](C(=O)OCCCCCC)N(C(C)=O)C(C)=O. The van der Waals surface area contributed by atoms with E-state index in [4.69, 9.17) is 15.2 Å². The van der Waals surface area contributed by atoms with E-state index in [1.807, 2.05) is 0 Å². The Kier molecular flexibility index (Phi) is 18.5. The zero-order valence-corrected chi connectivity index (χ0v) is 21.6. The molecular formula is C22H40N2O6S2. The van der Waals surface area contributed by atoms with Gasteiger partial charge in [-0.3, -0.25) is 19.3 Å². The van der Waals surface area contributed by atoms with Crippen LogP contribution < -0.4 is 5.73 Å². The maximum atomic E-state index is 12.6. The highest BCUT2D eigenvalue weighted by Gasteiger charge is 2.32. The van der Waals surface area contributed by atoms with E-state index in [2.05, 4.69) is 13.8 Å². The molecule has 0 heterocycles. The van der Waals surface area contributed by atoms with E-state index in [9.17, 15) is 19.2 Å². The number of ether oxygens (including phenoxy) is 2. The average Bonchev–Trinajstić information content (AvgIpc) is 2.74. The van der Waals surface area contributed by atoms with E-state index in [1.165, 1.54) is 35.4 Å². The van der Waals surface area contributed by atoms with E-state index >= 15 is 0 Å². The summed E-state index contributed by atoms with van der Waals surface area (Å²) < 4.78 is 10.5. The lowest BCUT2D eigenvalue weighted by atomic mass is 10.2. The van der Waals surface area contributed by atoms with Crippen LogP contribution in [0.25, 0.3) is 0 Å². The number of amides is 2. The molecule has 0 aliphatic heterocycles. The van der Waals surface area contributed by atoms with Crippen molar-refractivity contribution in [3.63, 3.8) is 0 Å². The van der Waals surface area contributed by atoms with Crippen molar-refractivity contribution in [3.8, 4) is 0 Å². The van der Waals surface area contributed by atoms with Crippen LogP contribution in [0.2, 0.25) is 0 Å². The van der Waals surface area contributed by atoms with Crippen molar-refractivity contribution in [2.24, 2.45) is 5.73 Å². The number of carbonyl (C=O) groups excluding carboxylic acids is 4. The molecule has 0 aliphatic carbocycles. The molecule has 2 amide bonds. The number of imide groups is 1. The van der Waals surface area contributed by atoms with Crippen molar-refractivity contribution in [2.45, 2.75) is 91.1 Å². The molecule has 0 aliphatic rings. The number of nitrogens with two attached hydrogens (primary N) is 1. The highest BCUT2D eigenvalue weighted by Crippen LogP contribution is 2.25. The monoisotopic (exact) mass is 492 g/mol. The van der Waals surface area contributed by atoms with Gasteiger partial charge in [-0.2, -0.15) is 0 Å². The number of carbonyl (C=O) groups is 4. The molecule has 186 valence electrons. The van der Waals surface area contributed by atoms with Gasteiger partial charge in [0.1, 0.15) is 12.1 Å². The minimum atomic E-state index is -1.02. The summed E-state index contributed by atoms with van der Waals surface area (Å²) in [6, 6.07) is -1.80. The van der Waals surface area contributed by atoms with Crippen molar-refractivity contribution in [1.82, 2.24) is 4.90 Å². The molecule has 0 fully saturated rings. The van der Waals surface area contributed by atoms with Gasteiger partial charge in [0.25, 0.3) is 0 Å². The Morgan fingerprint density at radius 3 is 1.69 bits per heavy atom. The molecule has 10 heteroatoms. The summed E-state index contributed by atoms with van der Waals surface area (Å²) in [4.78, 5) is 49.3. The first-order valence-electron chi connectivity index (χ1n) is 11.4. The van der Waals surface area contributed by atoms with Crippen LogP contribution in [0, 0.1) is 0 Å². The van der Waals surface area contributed by atoms with Gasteiger partial charge in [-0.25, -0.2) is 4.79 Å². The summed E-state index contributed by atoms with van der Waals surface area (Å²) in [6.45, 7) is 7.31. The number of rotatable bonds is 18. The molecule has 0 saturated carbocycles. The first kappa shape index (κ1) is 30.7.